The van der Waals surface area contributed by atoms with Gasteiger partial charge in [-0.25, -0.2) is 0 Å². The number of carbonyl (C=O) groups excluding carboxylic acids is 2. The van der Waals surface area contributed by atoms with Crippen molar-refractivity contribution in [3.63, 3.8) is 0 Å². The third-order valence-corrected chi connectivity index (χ3v) is 6.59. The van der Waals surface area contributed by atoms with Crippen LogP contribution in [0.2, 0.25) is 0 Å². The van der Waals surface area contributed by atoms with Gasteiger partial charge in [0.2, 0.25) is 5.91 Å². The maximum atomic E-state index is 12.8. The summed E-state index contributed by atoms with van der Waals surface area (Å²) in [5.41, 5.74) is 1.37. The van der Waals surface area contributed by atoms with Crippen molar-refractivity contribution in [2.45, 2.75) is 44.6 Å². The summed E-state index contributed by atoms with van der Waals surface area (Å²) in [5.74, 6) is 1.97. The van der Waals surface area contributed by atoms with Gasteiger partial charge in [-0.2, -0.15) is 0 Å². The third-order valence-electron chi connectivity index (χ3n) is 6.59. The van der Waals surface area contributed by atoms with Crippen LogP contribution in [0.4, 0.5) is 0 Å². The standard InChI is InChI=1S/C20H23NO3/c1-12-4-5-16-14(10-12)15(22)11-20(24-16)7-6-13-17(18(13)20)19(23)21-8-2-3-9-21/h4-5,10,13,17-18H,2-3,6-9,11H2,1H3/t13-,17+,18-,20+/m1/s1. The average molecular weight is 325 g/mol. The maximum absolute atomic E-state index is 12.8. The Labute approximate surface area is 142 Å². The van der Waals surface area contributed by atoms with E-state index in [1.54, 1.807) is 0 Å². The molecule has 126 valence electrons. The SMILES string of the molecule is Cc1ccc2c(c1)C(=O)C[C@]1(CC[C@@H]3[C@H](C(=O)N4CCCC4)[C@@H]31)O2. The van der Waals surface area contributed by atoms with Gasteiger partial charge >= 0.3 is 0 Å². The number of hydrogen-bond donors (Lipinski definition) is 0. The predicted molar refractivity (Wildman–Crippen MR) is 89.0 cm³/mol. The molecule has 4 aliphatic rings. The molecule has 0 bridgehead atoms. The minimum Gasteiger partial charge on any atom is -0.486 e. The fourth-order valence-electron chi connectivity index (χ4n) is 5.41. The van der Waals surface area contributed by atoms with Crippen molar-refractivity contribution in [2.75, 3.05) is 13.1 Å². The van der Waals surface area contributed by atoms with E-state index in [0.717, 1.165) is 50.1 Å². The van der Waals surface area contributed by atoms with Crippen molar-refractivity contribution in [1.29, 1.82) is 0 Å². The lowest BCUT2D eigenvalue weighted by molar-refractivity contribution is -0.133. The molecule has 1 amide bonds. The van der Waals surface area contributed by atoms with Crippen LogP contribution in [0.15, 0.2) is 18.2 Å². The van der Waals surface area contributed by atoms with E-state index in [1.807, 2.05) is 30.0 Å². The van der Waals surface area contributed by atoms with Crippen molar-refractivity contribution >= 4 is 11.7 Å². The van der Waals surface area contributed by atoms with Gasteiger partial charge in [0.05, 0.1) is 12.0 Å². The first-order chi connectivity index (χ1) is 11.6. The molecule has 1 aromatic carbocycles. The molecule has 2 heterocycles. The number of likely N-dealkylation sites (tertiary alicyclic amines) is 1. The molecule has 0 aromatic heterocycles. The quantitative estimate of drug-likeness (QED) is 0.797. The van der Waals surface area contributed by atoms with Crippen molar-refractivity contribution in [1.82, 2.24) is 4.90 Å². The zero-order chi connectivity index (χ0) is 16.5. The highest BCUT2D eigenvalue weighted by Gasteiger charge is 2.71. The fourth-order valence-corrected chi connectivity index (χ4v) is 5.41. The summed E-state index contributed by atoms with van der Waals surface area (Å²) in [7, 11) is 0. The van der Waals surface area contributed by atoms with Gasteiger partial charge < -0.3 is 9.64 Å². The molecule has 24 heavy (non-hydrogen) atoms. The Kier molecular flexibility index (Phi) is 2.92. The van der Waals surface area contributed by atoms with Crippen molar-refractivity contribution in [2.24, 2.45) is 17.8 Å². The first-order valence-corrected chi connectivity index (χ1v) is 9.21. The number of amides is 1. The summed E-state index contributed by atoms with van der Waals surface area (Å²) >= 11 is 0. The van der Waals surface area contributed by atoms with E-state index in [0.29, 0.717) is 23.8 Å². The molecule has 4 nitrogen and oxygen atoms in total. The lowest BCUT2D eigenvalue weighted by Crippen LogP contribution is -2.44. The molecule has 1 saturated heterocycles. The average Bonchev–Trinajstić information content (AvgIpc) is 2.90. The van der Waals surface area contributed by atoms with Crippen molar-refractivity contribution in [3.8, 4) is 5.75 Å². The molecule has 0 radical (unpaired) electrons. The molecule has 2 aliphatic heterocycles. The van der Waals surface area contributed by atoms with E-state index >= 15 is 0 Å². The van der Waals surface area contributed by atoms with Crippen LogP contribution in [-0.2, 0) is 4.79 Å². The van der Waals surface area contributed by atoms with Crippen molar-refractivity contribution in [3.05, 3.63) is 29.3 Å². The van der Waals surface area contributed by atoms with Gasteiger partial charge in [-0.05, 0) is 50.7 Å². The molecule has 3 fully saturated rings. The number of rotatable bonds is 1. The van der Waals surface area contributed by atoms with Crippen LogP contribution < -0.4 is 4.74 Å². The second-order valence-electron chi connectivity index (χ2n) is 8.05. The molecule has 1 spiro atoms. The molecule has 0 N–H and O–H groups in total. The zero-order valence-corrected chi connectivity index (χ0v) is 14.1. The van der Waals surface area contributed by atoms with Crippen LogP contribution in [-0.4, -0.2) is 35.3 Å². The molecular weight excluding hydrogens is 302 g/mol. The Morgan fingerprint density at radius 2 is 2.08 bits per heavy atom. The Morgan fingerprint density at radius 3 is 2.88 bits per heavy atom. The Morgan fingerprint density at radius 1 is 1.29 bits per heavy atom. The minimum atomic E-state index is -0.427. The second kappa shape index (κ2) is 4.84. The van der Waals surface area contributed by atoms with Gasteiger partial charge in [-0.1, -0.05) is 11.6 Å². The van der Waals surface area contributed by atoms with E-state index in [-0.39, 0.29) is 17.6 Å². The summed E-state index contributed by atoms with van der Waals surface area (Å²) in [5, 5.41) is 0. The van der Waals surface area contributed by atoms with Crippen LogP contribution in [0.3, 0.4) is 0 Å². The van der Waals surface area contributed by atoms with E-state index in [9.17, 15) is 9.59 Å². The monoisotopic (exact) mass is 325 g/mol. The molecule has 5 rings (SSSR count). The first kappa shape index (κ1) is 14.5. The highest BCUT2D eigenvalue weighted by molar-refractivity contribution is 6.01. The molecule has 2 aliphatic carbocycles. The number of benzene rings is 1. The predicted octanol–water partition coefficient (Wildman–Crippen LogP) is 2.98. The van der Waals surface area contributed by atoms with Crippen LogP contribution in [0, 0.1) is 24.7 Å². The number of nitrogens with zero attached hydrogens (tertiary/aromatic N) is 1. The van der Waals surface area contributed by atoms with E-state index in [1.165, 1.54) is 0 Å². The van der Waals surface area contributed by atoms with Crippen LogP contribution in [0.5, 0.6) is 5.75 Å². The fraction of sp³-hybridized carbons (Fsp3) is 0.600. The number of hydrogen-bond acceptors (Lipinski definition) is 3. The zero-order valence-electron chi connectivity index (χ0n) is 14.1. The third kappa shape index (κ3) is 1.92. The molecular formula is C20H23NO3. The summed E-state index contributed by atoms with van der Waals surface area (Å²) < 4.78 is 6.41. The van der Waals surface area contributed by atoms with Crippen LogP contribution >= 0.6 is 0 Å². The van der Waals surface area contributed by atoms with Gasteiger partial charge in [0.1, 0.15) is 11.4 Å². The van der Waals surface area contributed by atoms with Gasteiger partial charge in [-0.3, -0.25) is 9.59 Å². The summed E-state index contributed by atoms with van der Waals surface area (Å²) in [6.07, 6.45) is 4.62. The highest BCUT2D eigenvalue weighted by Crippen LogP contribution is 2.66. The second-order valence-corrected chi connectivity index (χ2v) is 8.05. The number of Topliss-reactive ketones (excluding diaryl/α,β-unsaturated/α-hetero) is 1. The Hall–Kier alpha value is -1.84. The molecule has 4 heteroatoms. The van der Waals surface area contributed by atoms with Gasteiger partial charge in [0.25, 0.3) is 0 Å². The van der Waals surface area contributed by atoms with E-state index in [2.05, 4.69) is 0 Å². The molecule has 4 atom stereocenters. The first-order valence-electron chi connectivity index (χ1n) is 9.21. The summed E-state index contributed by atoms with van der Waals surface area (Å²) in [6, 6.07) is 5.85. The normalized spacial score (nSPS) is 36.5. The molecule has 0 unspecified atom stereocenters. The van der Waals surface area contributed by atoms with Gasteiger partial charge in [0, 0.05) is 24.9 Å². The summed E-state index contributed by atoms with van der Waals surface area (Å²) in [6.45, 7) is 3.81. The Bertz CT molecular complexity index is 736. The summed E-state index contributed by atoms with van der Waals surface area (Å²) in [4.78, 5) is 27.6. The largest absolute Gasteiger partial charge is 0.486 e. The lowest BCUT2D eigenvalue weighted by Gasteiger charge is -2.37. The topological polar surface area (TPSA) is 46.6 Å². The highest BCUT2D eigenvalue weighted by atomic mass is 16.5. The number of aryl methyl sites for hydroxylation is 1. The van der Waals surface area contributed by atoms with Crippen LogP contribution in [0.25, 0.3) is 0 Å². The van der Waals surface area contributed by atoms with Crippen molar-refractivity contribution < 1.29 is 14.3 Å². The molecule has 2 saturated carbocycles. The molecule has 1 aromatic rings. The maximum Gasteiger partial charge on any atom is 0.226 e. The minimum absolute atomic E-state index is 0.0941. The number of ketones is 1. The Balaban J connectivity index is 1.42. The lowest BCUT2D eigenvalue weighted by atomic mass is 9.84. The smallest absolute Gasteiger partial charge is 0.226 e. The van der Waals surface area contributed by atoms with Gasteiger partial charge in [-0.15, -0.1) is 0 Å². The number of fused-ring (bicyclic) bond motifs is 3. The van der Waals surface area contributed by atoms with E-state index in [4.69, 9.17) is 4.74 Å². The van der Waals surface area contributed by atoms with E-state index < -0.39 is 5.60 Å². The van der Waals surface area contributed by atoms with Crippen LogP contribution in [0.1, 0.15) is 48.0 Å². The number of ether oxygens (including phenoxy) is 1. The number of carbonyl (C=O) groups is 2. The van der Waals surface area contributed by atoms with Gasteiger partial charge in [0.15, 0.2) is 5.78 Å².